The highest BCUT2D eigenvalue weighted by Gasteiger charge is 2.27. The van der Waals surface area contributed by atoms with Crippen LogP contribution in [0.15, 0.2) is 36.8 Å². The molecule has 0 saturated carbocycles. The van der Waals surface area contributed by atoms with E-state index in [0.717, 1.165) is 0 Å². The van der Waals surface area contributed by atoms with Gasteiger partial charge in [0.25, 0.3) is 0 Å². The fraction of sp³-hybridized carbons (Fsp3) is 0.364. The normalized spacial score (nSPS) is 13.1. The molecule has 36 heavy (non-hydrogen) atoms. The van der Waals surface area contributed by atoms with Gasteiger partial charge in [0.05, 0.1) is 18.9 Å². The van der Waals surface area contributed by atoms with Gasteiger partial charge in [0, 0.05) is 31.2 Å². The van der Waals surface area contributed by atoms with E-state index in [1.54, 1.807) is 0 Å². The van der Waals surface area contributed by atoms with E-state index < -0.39 is 60.8 Å². The van der Waals surface area contributed by atoms with Gasteiger partial charge in [-0.15, -0.1) is 0 Å². The molecule has 2 aromatic rings. The van der Waals surface area contributed by atoms with Crippen LogP contribution in [0.3, 0.4) is 0 Å². The molecule has 0 radical (unpaired) electrons. The molecule has 14 nitrogen and oxygen atoms in total. The van der Waals surface area contributed by atoms with Gasteiger partial charge in [-0.1, -0.05) is 12.1 Å². The number of nitrogens with one attached hydrogen (secondary N) is 4. The standard InChI is InChI=1S/C22H28N6O8/c23-15(8-13-9-24-11-26-13)20(33)25-10-18(30)27-16(5-6-19(31)32)21(34)28-17(22(35)36)7-12-1-3-14(29)4-2-12/h1-4,9,11,15-17,29H,5-8,10,23H2,(H,24,26)(H,25,33)(H,27,30)(H,28,34)(H,31,32)(H,35,36). The van der Waals surface area contributed by atoms with Gasteiger partial charge in [-0.3, -0.25) is 19.2 Å². The van der Waals surface area contributed by atoms with Gasteiger partial charge in [0.2, 0.25) is 17.7 Å². The van der Waals surface area contributed by atoms with Crippen LogP contribution in [0.25, 0.3) is 0 Å². The second-order valence-electron chi connectivity index (χ2n) is 7.93. The van der Waals surface area contributed by atoms with Crippen LogP contribution in [0.1, 0.15) is 24.1 Å². The van der Waals surface area contributed by atoms with E-state index in [0.29, 0.717) is 11.3 Å². The Morgan fingerprint density at radius 2 is 1.67 bits per heavy atom. The third kappa shape index (κ3) is 9.42. The molecule has 0 bridgehead atoms. The van der Waals surface area contributed by atoms with Gasteiger partial charge in [0.15, 0.2) is 0 Å². The van der Waals surface area contributed by atoms with Crippen molar-refractivity contribution in [3.8, 4) is 5.75 Å². The van der Waals surface area contributed by atoms with Crippen LogP contribution < -0.4 is 21.7 Å². The largest absolute Gasteiger partial charge is 0.508 e. The number of amides is 3. The van der Waals surface area contributed by atoms with Crippen LogP contribution in [0.5, 0.6) is 5.75 Å². The van der Waals surface area contributed by atoms with Gasteiger partial charge in [-0.05, 0) is 24.1 Å². The average Bonchev–Trinajstić information content (AvgIpc) is 3.33. The summed E-state index contributed by atoms with van der Waals surface area (Å²) >= 11 is 0. The molecule has 14 heteroatoms. The first kappa shape index (κ1) is 27.8. The third-order valence-electron chi connectivity index (χ3n) is 5.04. The predicted octanol–water partition coefficient (Wildman–Crippen LogP) is -1.74. The van der Waals surface area contributed by atoms with Gasteiger partial charge < -0.3 is 42.0 Å². The van der Waals surface area contributed by atoms with Crippen molar-refractivity contribution in [2.75, 3.05) is 6.54 Å². The highest BCUT2D eigenvalue weighted by Crippen LogP contribution is 2.12. The highest BCUT2D eigenvalue weighted by atomic mass is 16.4. The number of imidazole rings is 1. The van der Waals surface area contributed by atoms with E-state index in [9.17, 15) is 34.2 Å². The summed E-state index contributed by atoms with van der Waals surface area (Å²) in [4.78, 5) is 66.5. The van der Waals surface area contributed by atoms with Crippen LogP contribution in [-0.4, -0.2) is 79.6 Å². The van der Waals surface area contributed by atoms with Crippen LogP contribution in [0.2, 0.25) is 0 Å². The fourth-order valence-electron chi connectivity index (χ4n) is 3.15. The lowest BCUT2D eigenvalue weighted by atomic mass is 10.0. The van der Waals surface area contributed by atoms with Crippen LogP contribution in [0, 0.1) is 0 Å². The van der Waals surface area contributed by atoms with Crippen molar-refractivity contribution in [2.24, 2.45) is 5.73 Å². The van der Waals surface area contributed by atoms with Crippen molar-refractivity contribution in [1.82, 2.24) is 25.9 Å². The number of aromatic hydroxyl groups is 1. The molecule has 194 valence electrons. The highest BCUT2D eigenvalue weighted by molar-refractivity contribution is 5.92. The quantitative estimate of drug-likeness (QED) is 0.144. The summed E-state index contributed by atoms with van der Waals surface area (Å²) in [5.74, 6) is -4.92. The molecule has 0 aliphatic heterocycles. The monoisotopic (exact) mass is 504 g/mol. The molecule has 0 fully saturated rings. The Bertz CT molecular complexity index is 1060. The van der Waals surface area contributed by atoms with E-state index in [2.05, 4.69) is 25.9 Å². The van der Waals surface area contributed by atoms with Gasteiger partial charge in [-0.25, -0.2) is 9.78 Å². The van der Waals surface area contributed by atoms with E-state index in [4.69, 9.17) is 10.8 Å². The fourth-order valence-corrected chi connectivity index (χ4v) is 3.15. The molecule has 1 aromatic heterocycles. The number of hydrogen-bond donors (Lipinski definition) is 8. The Morgan fingerprint density at radius 3 is 2.25 bits per heavy atom. The minimum absolute atomic E-state index is 0.0135. The molecule has 1 heterocycles. The smallest absolute Gasteiger partial charge is 0.326 e. The van der Waals surface area contributed by atoms with Crippen molar-refractivity contribution in [2.45, 2.75) is 43.8 Å². The number of nitrogens with two attached hydrogens (primary N) is 1. The maximum Gasteiger partial charge on any atom is 0.326 e. The van der Waals surface area contributed by atoms with Crippen molar-refractivity contribution in [1.29, 1.82) is 0 Å². The zero-order valence-corrected chi connectivity index (χ0v) is 19.1. The maximum atomic E-state index is 12.7. The molecule has 3 amide bonds. The number of hydrogen-bond acceptors (Lipinski definition) is 8. The summed E-state index contributed by atoms with van der Waals surface area (Å²) in [7, 11) is 0. The Kier molecular flexibility index (Phi) is 10.4. The average molecular weight is 505 g/mol. The zero-order chi connectivity index (χ0) is 26.7. The second kappa shape index (κ2) is 13.4. The first-order valence-electron chi connectivity index (χ1n) is 10.9. The molecule has 0 aliphatic rings. The first-order chi connectivity index (χ1) is 17.0. The second-order valence-corrected chi connectivity index (χ2v) is 7.93. The molecule has 0 spiro atoms. The summed E-state index contributed by atoms with van der Waals surface area (Å²) in [5.41, 5.74) is 6.92. The third-order valence-corrected chi connectivity index (χ3v) is 5.04. The van der Waals surface area contributed by atoms with Crippen molar-refractivity contribution in [3.63, 3.8) is 0 Å². The number of carboxylic acid groups (broad SMARTS) is 2. The molecule has 9 N–H and O–H groups in total. The summed E-state index contributed by atoms with van der Waals surface area (Å²) < 4.78 is 0. The van der Waals surface area contributed by atoms with Crippen molar-refractivity contribution >= 4 is 29.7 Å². The van der Waals surface area contributed by atoms with Crippen molar-refractivity contribution < 1.29 is 39.3 Å². The predicted molar refractivity (Wildman–Crippen MR) is 123 cm³/mol. The van der Waals surface area contributed by atoms with E-state index in [1.807, 2.05) is 0 Å². The SMILES string of the molecule is NC(Cc1cnc[nH]1)C(=O)NCC(=O)NC(CCC(=O)O)C(=O)NC(Cc1ccc(O)cc1)C(=O)O. The number of aromatic amines is 1. The molecule has 1 aromatic carbocycles. The van der Waals surface area contributed by atoms with Gasteiger partial charge in [-0.2, -0.15) is 0 Å². The number of rotatable bonds is 14. The number of carbonyl (C=O) groups excluding carboxylic acids is 3. The molecular weight excluding hydrogens is 476 g/mol. The maximum absolute atomic E-state index is 12.7. The minimum atomic E-state index is -1.38. The van der Waals surface area contributed by atoms with Crippen LogP contribution in [0.4, 0.5) is 0 Å². The van der Waals surface area contributed by atoms with E-state index >= 15 is 0 Å². The summed E-state index contributed by atoms with van der Waals surface area (Å²) in [6.45, 7) is -0.539. The number of phenolic OH excluding ortho intramolecular Hbond substituents is 1. The number of aliphatic carboxylic acids is 2. The van der Waals surface area contributed by atoms with Crippen LogP contribution >= 0.6 is 0 Å². The molecule has 0 saturated heterocycles. The Hall–Kier alpha value is -4.46. The summed E-state index contributed by atoms with van der Waals surface area (Å²) in [5, 5.41) is 34.8. The van der Waals surface area contributed by atoms with Crippen LogP contribution in [-0.2, 0) is 36.8 Å². The van der Waals surface area contributed by atoms with Gasteiger partial charge >= 0.3 is 11.9 Å². The van der Waals surface area contributed by atoms with Gasteiger partial charge in [0.1, 0.15) is 17.8 Å². The number of aromatic nitrogens is 2. The molecule has 3 atom stereocenters. The van der Waals surface area contributed by atoms with E-state index in [1.165, 1.54) is 36.8 Å². The Morgan fingerprint density at radius 1 is 0.972 bits per heavy atom. The molecule has 3 unspecified atom stereocenters. The number of carbonyl (C=O) groups is 5. The first-order valence-corrected chi connectivity index (χ1v) is 10.9. The molecule has 0 aliphatic carbocycles. The Balaban J connectivity index is 1.96. The topological polar surface area (TPSA) is 237 Å². The zero-order valence-electron chi connectivity index (χ0n) is 19.1. The number of carboxylic acids is 2. The number of H-pyrrole nitrogens is 1. The summed E-state index contributed by atoms with van der Waals surface area (Å²) in [6.07, 6.45) is 2.16. The molecule has 2 rings (SSSR count). The lowest BCUT2D eigenvalue weighted by Crippen LogP contribution is -2.54. The number of nitrogens with zero attached hydrogens (tertiary/aromatic N) is 1. The Labute approximate surface area is 205 Å². The van der Waals surface area contributed by atoms with Crippen molar-refractivity contribution in [3.05, 3.63) is 48.0 Å². The lowest BCUT2D eigenvalue weighted by Gasteiger charge is -2.21. The lowest BCUT2D eigenvalue weighted by molar-refractivity contribution is -0.143. The molecular formula is C22H28N6O8. The number of phenols is 1. The number of benzene rings is 1. The summed E-state index contributed by atoms with van der Waals surface area (Å²) in [6, 6.07) is 1.97. The van der Waals surface area contributed by atoms with E-state index in [-0.39, 0.29) is 25.0 Å². The minimum Gasteiger partial charge on any atom is -0.508 e.